The predicted molar refractivity (Wildman–Crippen MR) is 50.9 cm³/mol. The lowest BCUT2D eigenvalue weighted by atomic mass is 10.1. The molecule has 0 saturated heterocycles. The summed E-state index contributed by atoms with van der Waals surface area (Å²) in [4.78, 5) is 1.03. The lowest BCUT2D eigenvalue weighted by molar-refractivity contribution is 0.875. The van der Waals surface area contributed by atoms with Crippen LogP contribution in [0.1, 0.15) is 29.8 Å². The van der Waals surface area contributed by atoms with Crippen LogP contribution in [0.2, 0.25) is 0 Å². The molecule has 0 amide bonds. The van der Waals surface area contributed by atoms with Crippen molar-refractivity contribution in [1.82, 2.24) is 0 Å². The summed E-state index contributed by atoms with van der Waals surface area (Å²) < 4.78 is 0. The minimum atomic E-state index is -0.438. The second-order valence-electron chi connectivity index (χ2n) is 2.67. The van der Waals surface area contributed by atoms with Gasteiger partial charge in [-0.3, -0.25) is 0 Å². The quantitative estimate of drug-likeness (QED) is 0.775. The molecule has 1 atom stereocenters. The van der Waals surface area contributed by atoms with Crippen molar-refractivity contribution in [1.29, 1.82) is 5.26 Å². The van der Waals surface area contributed by atoms with E-state index in [1.807, 2.05) is 5.38 Å². The summed E-state index contributed by atoms with van der Waals surface area (Å²) >= 11 is 1.57. The van der Waals surface area contributed by atoms with Gasteiger partial charge in [-0.15, -0.1) is 11.3 Å². The van der Waals surface area contributed by atoms with Gasteiger partial charge in [-0.05, 0) is 23.4 Å². The van der Waals surface area contributed by atoms with Gasteiger partial charge in [0.05, 0.1) is 6.07 Å². The van der Waals surface area contributed by atoms with Crippen LogP contribution in [0.3, 0.4) is 0 Å². The van der Waals surface area contributed by atoms with E-state index in [4.69, 9.17) is 11.0 Å². The largest absolute Gasteiger partial charge is 0.312 e. The Bertz CT molecular complexity index is 285. The van der Waals surface area contributed by atoms with E-state index in [0.717, 1.165) is 17.7 Å². The summed E-state index contributed by atoms with van der Waals surface area (Å²) in [5.74, 6) is 0. The second kappa shape index (κ2) is 4.24. The number of nitriles is 1. The molecular formula is C9H12N2S. The third-order valence-corrected chi connectivity index (χ3v) is 2.76. The van der Waals surface area contributed by atoms with Crippen molar-refractivity contribution < 1.29 is 0 Å². The van der Waals surface area contributed by atoms with E-state index in [2.05, 4.69) is 19.1 Å². The Morgan fingerprint density at radius 3 is 3.08 bits per heavy atom. The minimum absolute atomic E-state index is 0.438. The highest BCUT2D eigenvalue weighted by Gasteiger charge is 2.10. The first-order valence-corrected chi connectivity index (χ1v) is 4.89. The summed E-state index contributed by atoms with van der Waals surface area (Å²) in [5, 5.41) is 10.6. The van der Waals surface area contributed by atoms with Crippen LogP contribution in [0, 0.1) is 11.3 Å². The van der Waals surface area contributed by atoms with E-state index >= 15 is 0 Å². The molecule has 3 heteroatoms. The van der Waals surface area contributed by atoms with Crippen LogP contribution < -0.4 is 5.73 Å². The third-order valence-electron chi connectivity index (χ3n) is 1.72. The van der Waals surface area contributed by atoms with Crippen LogP contribution in [-0.4, -0.2) is 0 Å². The van der Waals surface area contributed by atoms with Gasteiger partial charge in [0.1, 0.15) is 6.04 Å². The number of aryl methyl sites for hydroxylation is 1. The normalized spacial score (nSPS) is 12.4. The molecule has 1 aromatic rings. The number of hydrogen-bond donors (Lipinski definition) is 1. The number of nitrogens with two attached hydrogens (primary N) is 1. The molecule has 0 spiro atoms. The van der Waals surface area contributed by atoms with Crippen molar-refractivity contribution in [3.63, 3.8) is 0 Å². The van der Waals surface area contributed by atoms with E-state index in [1.165, 1.54) is 5.56 Å². The Morgan fingerprint density at radius 1 is 1.75 bits per heavy atom. The molecule has 64 valence electrons. The average molecular weight is 180 g/mol. The number of hydrogen-bond acceptors (Lipinski definition) is 3. The zero-order chi connectivity index (χ0) is 8.97. The minimum Gasteiger partial charge on any atom is -0.312 e. The molecule has 12 heavy (non-hydrogen) atoms. The van der Waals surface area contributed by atoms with Crippen molar-refractivity contribution in [3.8, 4) is 6.07 Å². The molecule has 0 bridgehead atoms. The molecule has 0 aliphatic carbocycles. The SMILES string of the molecule is CCCc1ccsc1C(N)C#N. The summed E-state index contributed by atoms with van der Waals surface area (Å²) in [6, 6.07) is 3.67. The Labute approximate surface area is 76.6 Å². The fraction of sp³-hybridized carbons (Fsp3) is 0.444. The Hall–Kier alpha value is -0.850. The van der Waals surface area contributed by atoms with Gasteiger partial charge >= 0.3 is 0 Å². The standard InChI is InChI=1S/C9H12N2S/c1-2-3-7-4-5-12-9(7)8(11)6-10/h4-5,8H,2-3,11H2,1H3. The number of rotatable bonds is 3. The first-order valence-electron chi connectivity index (χ1n) is 4.01. The molecule has 1 rings (SSSR count). The maximum Gasteiger partial charge on any atom is 0.128 e. The van der Waals surface area contributed by atoms with Crippen LogP contribution in [0.25, 0.3) is 0 Å². The van der Waals surface area contributed by atoms with Crippen molar-refractivity contribution in [2.75, 3.05) is 0 Å². The fourth-order valence-corrected chi connectivity index (χ4v) is 2.05. The first kappa shape index (κ1) is 9.24. The molecule has 1 aromatic heterocycles. The van der Waals surface area contributed by atoms with Crippen molar-refractivity contribution in [2.24, 2.45) is 5.73 Å². The van der Waals surface area contributed by atoms with Crippen molar-refractivity contribution >= 4 is 11.3 Å². The van der Waals surface area contributed by atoms with E-state index in [0.29, 0.717) is 0 Å². The molecule has 0 fully saturated rings. The average Bonchev–Trinajstić information content (AvgIpc) is 2.52. The maximum atomic E-state index is 8.63. The van der Waals surface area contributed by atoms with Gasteiger partial charge < -0.3 is 5.73 Å². The Kier molecular flexibility index (Phi) is 3.27. The lowest BCUT2D eigenvalue weighted by Gasteiger charge is -2.02. The van der Waals surface area contributed by atoms with Gasteiger partial charge in [0.15, 0.2) is 0 Å². The predicted octanol–water partition coefficient (Wildman–Crippen LogP) is 2.22. The molecule has 1 heterocycles. The van der Waals surface area contributed by atoms with Crippen LogP contribution in [0.5, 0.6) is 0 Å². The summed E-state index contributed by atoms with van der Waals surface area (Å²) in [6.45, 7) is 2.12. The van der Waals surface area contributed by atoms with Crippen LogP contribution in [0.4, 0.5) is 0 Å². The summed E-state index contributed by atoms with van der Waals surface area (Å²) in [7, 11) is 0. The lowest BCUT2D eigenvalue weighted by Crippen LogP contribution is -2.07. The van der Waals surface area contributed by atoms with E-state index < -0.39 is 6.04 Å². The molecule has 2 nitrogen and oxygen atoms in total. The van der Waals surface area contributed by atoms with Crippen LogP contribution >= 0.6 is 11.3 Å². The number of nitrogens with zero attached hydrogens (tertiary/aromatic N) is 1. The molecule has 1 unspecified atom stereocenters. The molecule has 0 aliphatic rings. The number of thiophene rings is 1. The zero-order valence-corrected chi connectivity index (χ0v) is 7.90. The van der Waals surface area contributed by atoms with Gasteiger partial charge in [0.2, 0.25) is 0 Å². The molecule has 0 aromatic carbocycles. The van der Waals surface area contributed by atoms with E-state index in [-0.39, 0.29) is 0 Å². The van der Waals surface area contributed by atoms with Crippen LogP contribution in [0.15, 0.2) is 11.4 Å². The smallest absolute Gasteiger partial charge is 0.128 e. The van der Waals surface area contributed by atoms with Gasteiger partial charge in [-0.2, -0.15) is 5.26 Å². The highest BCUT2D eigenvalue weighted by Crippen LogP contribution is 2.23. The van der Waals surface area contributed by atoms with Crippen molar-refractivity contribution in [3.05, 3.63) is 21.9 Å². The highest BCUT2D eigenvalue weighted by atomic mass is 32.1. The van der Waals surface area contributed by atoms with Crippen molar-refractivity contribution in [2.45, 2.75) is 25.8 Å². The topological polar surface area (TPSA) is 49.8 Å². The molecule has 0 radical (unpaired) electrons. The van der Waals surface area contributed by atoms with Crippen LogP contribution in [-0.2, 0) is 6.42 Å². The molecule has 0 aliphatic heterocycles. The first-order chi connectivity index (χ1) is 5.79. The maximum absolute atomic E-state index is 8.63. The molecule has 2 N–H and O–H groups in total. The van der Waals surface area contributed by atoms with Gasteiger partial charge in [-0.1, -0.05) is 13.3 Å². The summed E-state index contributed by atoms with van der Waals surface area (Å²) in [5.41, 5.74) is 6.85. The fourth-order valence-electron chi connectivity index (χ4n) is 1.15. The van der Waals surface area contributed by atoms with Gasteiger partial charge in [-0.25, -0.2) is 0 Å². The Morgan fingerprint density at radius 2 is 2.50 bits per heavy atom. The highest BCUT2D eigenvalue weighted by molar-refractivity contribution is 7.10. The van der Waals surface area contributed by atoms with Gasteiger partial charge in [0, 0.05) is 4.88 Å². The monoisotopic (exact) mass is 180 g/mol. The van der Waals surface area contributed by atoms with Gasteiger partial charge in [0.25, 0.3) is 0 Å². The van der Waals surface area contributed by atoms with E-state index in [9.17, 15) is 0 Å². The molecular weight excluding hydrogens is 168 g/mol. The van der Waals surface area contributed by atoms with E-state index in [1.54, 1.807) is 11.3 Å². The Balaban J connectivity index is 2.85. The summed E-state index contributed by atoms with van der Waals surface area (Å²) in [6.07, 6.45) is 2.12. The second-order valence-corrected chi connectivity index (χ2v) is 3.61. The third kappa shape index (κ3) is 1.84. The molecule has 0 saturated carbocycles. The zero-order valence-electron chi connectivity index (χ0n) is 7.08.